The summed E-state index contributed by atoms with van der Waals surface area (Å²) in [5, 5.41) is 10.8. The fourth-order valence-corrected chi connectivity index (χ4v) is 1.11. The summed E-state index contributed by atoms with van der Waals surface area (Å²) >= 11 is 0. The van der Waals surface area contributed by atoms with Crippen molar-refractivity contribution in [2.45, 2.75) is 6.61 Å². The van der Waals surface area contributed by atoms with E-state index >= 15 is 0 Å². The predicted octanol–water partition coefficient (Wildman–Crippen LogP) is 2.12. The van der Waals surface area contributed by atoms with Crippen molar-refractivity contribution in [1.29, 1.82) is 0 Å². The molecule has 6 nitrogen and oxygen atoms in total. The van der Waals surface area contributed by atoms with E-state index in [1.54, 1.807) is 25.2 Å². The first kappa shape index (κ1) is 13.8. The summed E-state index contributed by atoms with van der Waals surface area (Å²) in [4.78, 5) is 15.4. The minimum absolute atomic E-state index is 0.0651. The van der Waals surface area contributed by atoms with Gasteiger partial charge >= 0.3 is 6.61 Å². The Balaban J connectivity index is 3.08. The second-order valence-corrected chi connectivity index (χ2v) is 3.49. The highest BCUT2D eigenvalue weighted by Gasteiger charge is 2.16. The Bertz CT molecular complexity index is 464. The largest absolute Gasteiger partial charge is 0.433 e. The van der Waals surface area contributed by atoms with Crippen LogP contribution in [0.3, 0.4) is 0 Å². The van der Waals surface area contributed by atoms with Crippen molar-refractivity contribution in [2.75, 3.05) is 14.1 Å². The minimum Gasteiger partial charge on any atom is -0.433 e. The molecule has 0 bridgehead atoms. The summed E-state index contributed by atoms with van der Waals surface area (Å²) in [6.07, 6.45) is 3.97. The molecular weight excluding hydrogens is 248 g/mol. The molecule has 98 valence electrons. The Morgan fingerprint density at radius 3 is 2.72 bits per heavy atom. The number of nitro groups is 1. The minimum atomic E-state index is -3.05. The van der Waals surface area contributed by atoms with E-state index < -0.39 is 17.2 Å². The van der Waals surface area contributed by atoms with Crippen LogP contribution in [0, 0.1) is 10.1 Å². The molecule has 0 aromatic carbocycles. The molecule has 0 unspecified atom stereocenters. The number of hydrogen-bond acceptors (Lipinski definition) is 5. The summed E-state index contributed by atoms with van der Waals surface area (Å²) in [6.45, 7) is -3.05. The molecule has 1 heterocycles. The Morgan fingerprint density at radius 2 is 2.22 bits per heavy atom. The van der Waals surface area contributed by atoms with Crippen LogP contribution in [0.25, 0.3) is 6.08 Å². The van der Waals surface area contributed by atoms with Gasteiger partial charge in [0.25, 0.3) is 5.69 Å². The van der Waals surface area contributed by atoms with Crippen LogP contribution >= 0.6 is 0 Å². The van der Waals surface area contributed by atoms with Gasteiger partial charge in [-0.3, -0.25) is 10.1 Å². The van der Waals surface area contributed by atoms with Crippen LogP contribution in [-0.2, 0) is 0 Å². The van der Waals surface area contributed by atoms with Crippen molar-refractivity contribution in [2.24, 2.45) is 0 Å². The molecule has 1 rings (SSSR count). The van der Waals surface area contributed by atoms with Gasteiger partial charge in [0.15, 0.2) is 5.75 Å². The topological polar surface area (TPSA) is 68.5 Å². The lowest BCUT2D eigenvalue weighted by Gasteiger charge is -2.06. The molecule has 0 spiro atoms. The number of halogens is 2. The highest BCUT2D eigenvalue weighted by Crippen LogP contribution is 2.24. The summed E-state index contributed by atoms with van der Waals surface area (Å²) < 4.78 is 28.0. The maximum absolute atomic E-state index is 12.0. The molecule has 0 fully saturated rings. The van der Waals surface area contributed by atoms with Gasteiger partial charge in [-0.25, -0.2) is 4.98 Å². The van der Waals surface area contributed by atoms with Crippen molar-refractivity contribution < 1.29 is 18.4 Å². The molecule has 0 amide bonds. The highest BCUT2D eigenvalue weighted by molar-refractivity contribution is 5.58. The Morgan fingerprint density at radius 1 is 1.56 bits per heavy atom. The highest BCUT2D eigenvalue weighted by atomic mass is 19.3. The summed E-state index contributed by atoms with van der Waals surface area (Å²) in [5.41, 5.74) is -0.332. The van der Waals surface area contributed by atoms with E-state index in [0.717, 1.165) is 12.3 Å². The third-order valence-electron chi connectivity index (χ3n) is 1.82. The quantitative estimate of drug-likeness (QED) is 0.598. The fraction of sp³-hybridized carbons (Fsp3) is 0.300. The Labute approximate surface area is 102 Å². The zero-order valence-corrected chi connectivity index (χ0v) is 9.71. The average molecular weight is 259 g/mol. The van der Waals surface area contributed by atoms with E-state index in [2.05, 4.69) is 9.72 Å². The summed E-state index contributed by atoms with van der Waals surface area (Å²) in [7, 11) is 3.47. The lowest BCUT2D eigenvalue weighted by atomic mass is 10.3. The number of hydrogen-bond donors (Lipinski definition) is 0. The van der Waals surface area contributed by atoms with Gasteiger partial charge in [-0.15, -0.1) is 0 Å². The molecule has 0 saturated heterocycles. The zero-order valence-electron chi connectivity index (χ0n) is 9.71. The van der Waals surface area contributed by atoms with E-state index in [9.17, 15) is 18.9 Å². The zero-order chi connectivity index (χ0) is 13.7. The number of pyridine rings is 1. The molecule has 18 heavy (non-hydrogen) atoms. The van der Waals surface area contributed by atoms with Crippen LogP contribution in [0.5, 0.6) is 5.75 Å². The van der Waals surface area contributed by atoms with Crippen LogP contribution in [0.1, 0.15) is 5.69 Å². The van der Waals surface area contributed by atoms with Gasteiger partial charge in [0.1, 0.15) is 5.69 Å². The van der Waals surface area contributed by atoms with Gasteiger partial charge in [-0.2, -0.15) is 8.78 Å². The van der Waals surface area contributed by atoms with Gasteiger partial charge in [0.05, 0.1) is 17.2 Å². The maximum atomic E-state index is 12.0. The molecule has 8 heteroatoms. The molecule has 0 N–H and O–H groups in total. The van der Waals surface area contributed by atoms with Crippen LogP contribution in [-0.4, -0.2) is 35.5 Å². The molecule has 0 aliphatic rings. The lowest BCUT2D eigenvalue weighted by Crippen LogP contribution is -2.04. The van der Waals surface area contributed by atoms with Crippen LogP contribution in [0.2, 0.25) is 0 Å². The number of ether oxygens (including phenoxy) is 1. The Kier molecular flexibility index (Phi) is 4.52. The third-order valence-corrected chi connectivity index (χ3v) is 1.82. The van der Waals surface area contributed by atoms with E-state index in [1.807, 2.05) is 0 Å². The second-order valence-electron chi connectivity index (χ2n) is 3.49. The van der Waals surface area contributed by atoms with Crippen molar-refractivity contribution in [3.05, 3.63) is 34.3 Å². The number of rotatable bonds is 5. The average Bonchev–Trinajstić information content (AvgIpc) is 2.26. The van der Waals surface area contributed by atoms with Crippen molar-refractivity contribution in [3.8, 4) is 5.75 Å². The van der Waals surface area contributed by atoms with Gasteiger partial charge < -0.3 is 9.64 Å². The van der Waals surface area contributed by atoms with E-state index in [1.165, 1.54) is 6.08 Å². The molecule has 0 radical (unpaired) electrons. The van der Waals surface area contributed by atoms with Gasteiger partial charge in [-0.1, -0.05) is 0 Å². The normalized spacial score (nSPS) is 10.9. The number of aromatic nitrogens is 1. The first-order valence-electron chi connectivity index (χ1n) is 4.84. The van der Waals surface area contributed by atoms with E-state index in [4.69, 9.17) is 0 Å². The van der Waals surface area contributed by atoms with Crippen LogP contribution < -0.4 is 4.74 Å². The first-order valence-corrected chi connectivity index (χ1v) is 4.84. The smallest absolute Gasteiger partial charge is 0.387 e. The predicted molar refractivity (Wildman–Crippen MR) is 60.2 cm³/mol. The fourth-order valence-electron chi connectivity index (χ4n) is 1.11. The van der Waals surface area contributed by atoms with Gasteiger partial charge in [0, 0.05) is 20.3 Å². The summed E-state index contributed by atoms with van der Waals surface area (Å²) in [6, 6.07) is 0.911. The first-order chi connectivity index (χ1) is 8.40. The van der Waals surface area contributed by atoms with Crippen LogP contribution in [0.15, 0.2) is 18.5 Å². The van der Waals surface area contributed by atoms with Crippen LogP contribution in [0.4, 0.5) is 14.5 Å². The van der Waals surface area contributed by atoms with E-state index in [0.29, 0.717) is 0 Å². The molecule has 0 aliphatic heterocycles. The maximum Gasteiger partial charge on any atom is 0.387 e. The van der Waals surface area contributed by atoms with Gasteiger partial charge in [0.2, 0.25) is 0 Å². The standard InChI is InChI=1S/C10H11F2N3O3/c1-14(2)4-3-8-9(15(16)17)5-7(6-13-8)18-10(11)12/h3-6,10H,1-2H3/b4-3+. The molecule has 0 atom stereocenters. The van der Waals surface area contributed by atoms with E-state index in [-0.39, 0.29) is 11.4 Å². The summed E-state index contributed by atoms with van der Waals surface area (Å²) in [5.74, 6) is -0.348. The number of alkyl halides is 2. The van der Waals surface area contributed by atoms with Gasteiger partial charge in [-0.05, 0) is 6.08 Å². The SMILES string of the molecule is CN(C)/C=C/c1ncc(OC(F)F)cc1[N+](=O)[O-]. The molecule has 1 aromatic rings. The molecule has 1 aromatic heterocycles. The molecule has 0 saturated carbocycles. The lowest BCUT2D eigenvalue weighted by molar-refractivity contribution is -0.385. The monoisotopic (exact) mass is 259 g/mol. The number of nitrogens with zero attached hydrogens (tertiary/aromatic N) is 3. The van der Waals surface area contributed by atoms with Crippen molar-refractivity contribution in [1.82, 2.24) is 9.88 Å². The molecule has 0 aliphatic carbocycles. The van der Waals surface area contributed by atoms with Crippen molar-refractivity contribution in [3.63, 3.8) is 0 Å². The second kappa shape index (κ2) is 5.89. The van der Waals surface area contributed by atoms with Crippen molar-refractivity contribution >= 4 is 11.8 Å². The Hall–Kier alpha value is -2.25. The third kappa shape index (κ3) is 3.96. The molecular formula is C10H11F2N3O3.